The van der Waals surface area contributed by atoms with E-state index in [1.807, 2.05) is 38.1 Å². The Morgan fingerprint density at radius 1 is 1.00 bits per heavy atom. The van der Waals surface area contributed by atoms with E-state index in [1.54, 1.807) is 6.21 Å². The Hall–Kier alpha value is -2.72. The number of nitrogens with one attached hydrogen (secondary N) is 1. The quantitative estimate of drug-likeness (QED) is 0.424. The smallest absolute Gasteiger partial charge is 0.254 e. The first-order valence-corrected chi connectivity index (χ1v) is 8.67. The van der Waals surface area contributed by atoms with Crippen molar-refractivity contribution < 1.29 is 4.79 Å². The van der Waals surface area contributed by atoms with Gasteiger partial charge in [-0.15, -0.1) is 0 Å². The molecule has 4 nitrogen and oxygen atoms in total. The number of benzene rings is 3. The molecule has 0 bridgehead atoms. The number of nitrogens with zero attached hydrogens (tertiary/aromatic N) is 2. The minimum absolute atomic E-state index is 0.0931. The van der Waals surface area contributed by atoms with Crippen molar-refractivity contribution in [3.8, 4) is 0 Å². The summed E-state index contributed by atoms with van der Waals surface area (Å²) in [6.07, 6.45) is 1.75. The standard InChI is InChI=1S/C21H23N3O/c1-3-24(4-2)15-21(25)23-22-14-20-18-11-7-5-9-16(18)13-17-10-6-8-12-19(17)20/h5-14H,3-4,15H2,1-2H3,(H,23,25)/b22-14+. The van der Waals surface area contributed by atoms with Crippen LogP contribution >= 0.6 is 0 Å². The number of carbonyl (C=O) groups is 1. The largest absolute Gasteiger partial charge is 0.295 e. The average molecular weight is 333 g/mol. The molecule has 3 aromatic rings. The van der Waals surface area contributed by atoms with Gasteiger partial charge in [0.2, 0.25) is 0 Å². The zero-order valence-electron chi connectivity index (χ0n) is 14.7. The molecule has 0 aliphatic carbocycles. The maximum Gasteiger partial charge on any atom is 0.254 e. The van der Waals surface area contributed by atoms with Crippen molar-refractivity contribution in [1.29, 1.82) is 0 Å². The van der Waals surface area contributed by atoms with E-state index in [1.165, 1.54) is 0 Å². The van der Waals surface area contributed by atoms with Crippen molar-refractivity contribution in [3.63, 3.8) is 0 Å². The normalized spacial score (nSPS) is 11.6. The van der Waals surface area contributed by atoms with Gasteiger partial charge in [0, 0.05) is 5.56 Å². The second-order valence-corrected chi connectivity index (χ2v) is 5.99. The van der Waals surface area contributed by atoms with Gasteiger partial charge in [-0.2, -0.15) is 5.10 Å². The van der Waals surface area contributed by atoms with Gasteiger partial charge in [-0.1, -0.05) is 62.4 Å². The van der Waals surface area contributed by atoms with Gasteiger partial charge < -0.3 is 0 Å². The minimum atomic E-state index is -0.0931. The summed E-state index contributed by atoms with van der Waals surface area (Å²) in [4.78, 5) is 14.1. The van der Waals surface area contributed by atoms with Crippen LogP contribution in [0.4, 0.5) is 0 Å². The number of hydrazone groups is 1. The van der Waals surface area contributed by atoms with Crippen LogP contribution in [0, 0.1) is 0 Å². The molecule has 128 valence electrons. The number of amides is 1. The molecule has 0 fully saturated rings. The summed E-state index contributed by atoms with van der Waals surface area (Å²) in [6, 6.07) is 18.6. The van der Waals surface area contributed by atoms with Crippen molar-refractivity contribution >= 4 is 33.7 Å². The van der Waals surface area contributed by atoms with Crippen LogP contribution in [-0.4, -0.2) is 36.7 Å². The number of hydrogen-bond acceptors (Lipinski definition) is 3. The summed E-state index contributed by atoms with van der Waals surface area (Å²) in [5, 5.41) is 8.80. The van der Waals surface area contributed by atoms with Crippen molar-refractivity contribution in [1.82, 2.24) is 10.3 Å². The maximum atomic E-state index is 12.0. The molecule has 0 aliphatic rings. The van der Waals surface area contributed by atoms with Crippen LogP contribution in [0.15, 0.2) is 59.7 Å². The van der Waals surface area contributed by atoms with Gasteiger partial charge >= 0.3 is 0 Å². The highest BCUT2D eigenvalue weighted by Crippen LogP contribution is 2.27. The van der Waals surface area contributed by atoms with Crippen molar-refractivity contribution in [3.05, 3.63) is 60.2 Å². The first-order chi connectivity index (χ1) is 12.2. The summed E-state index contributed by atoms with van der Waals surface area (Å²) >= 11 is 0. The highest BCUT2D eigenvalue weighted by molar-refractivity contribution is 6.13. The van der Waals surface area contributed by atoms with Crippen molar-refractivity contribution in [2.24, 2.45) is 5.10 Å². The molecule has 1 N–H and O–H groups in total. The number of hydrogen-bond donors (Lipinski definition) is 1. The molecule has 0 atom stereocenters. The number of carbonyl (C=O) groups excluding carboxylic acids is 1. The highest BCUT2D eigenvalue weighted by Gasteiger charge is 2.07. The van der Waals surface area contributed by atoms with E-state index in [-0.39, 0.29) is 5.91 Å². The second-order valence-electron chi connectivity index (χ2n) is 5.99. The second kappa shape index (κ2) is 7.90. The fourth-order valence-electron chi connectivity index (χ4n) is 3.04. The molecule has 0 heterocycles. The van der Waals surface area contributed by atoms with Gasteiger partial charge in [0.05, 0.1) is 12.8 Å². The molecule has 0 aromatic heterocycles. The lowest BCUT2D eigenvalue weighted by atomic mass is 9.97. The van der Waals surface area contributed by atoms with Crippen LogP contribution in [-0.2, 0) is 4.79 Å². The van der Waals surface area contributed by atoms with Gasteiger partial charge in [0.25, 0.3) is 5.91 Å². The molecule has 0 spiro atoms. The molecule has 0 aliphatic heterocycles. The fourth-order valence-corrected chi connectivity index (χ4v) is 3.04. The Morgan fingerprint density at radius 2 is 1.56 bits per heavy atom. The van der Waals surface area contributed by atoms with Crippen LogP contribution in [0.5, 0.6) is 0 Å². The van der Waals surface area contributed by atoms with E-state index < -0.39 is 0 Å². The molecule has 0 radical (unpaired) electrons. The summed E-state index contributed by atoms with van der Waals surface area (Å²) in [6.45, 7) is 6.15. The van der Waals surface area contributed by atoms with Crippen LogP contribution in [0.25, 0.3) is 21.5 Å². The van der Waals surface area contributed by atoms with Crippen molar-refractivity contribution in [2.75, 3.05) is 19.6 Å². The Morgan fingerprint density at radius 3 is 2.12 bits per heavy atom. The van der Waals surface area contributed by atoms with E-state index in [9.17, 15) is 4.79 Å². The van der Waals surface area contributed by atoms with E-state index >= 15 is 0 Å². The zero-order chi connectivity index (χ0) is 17.6. The van der Waals surface area contributed by atoms with Crippen LogP contribution < -0.4 is 5.43 Å². The number of rotatable bonds is 6. The molecule has 0 saturated carbocycles. The summed E-state index contributed by atoms with van der Waals surface area (Å²) in [5.74, 6) is -0.0931. The predicted molar refractivity (Wildman–Crippen MR) is 105 cm³/mol. The lowest BCUT2D eigenvalue weighted by molar-refractivity contribution is -0.122. The Kier molecular flexibility index (Phi) is 5.41. The van der Waals surface area contributed by atoms with Crippen molar-refractivity contribution in [2.45, 2.75) is 13.8 Å². The van der Waals surface area contributed by atoms with Gasteiger partial charge in [0.1, 0.15) is 0 Å². The Bertz CT molecular complexity index is 859. The molecule has 1 amide bonds. The third-order valence-corrected chi connectivity index (χ3v) is 4.46. The number of likely N-dealkylation sites (N-methyl/N-ethyl adjacent to an activating group) is 1. The van der Waals surface area contributed by atoms with E-state index in [4.69, 9.17) is 0 Å². The predicted octanol–water partition coefficient (Wildman–Crippen LogP) is 3.78. The van der Waals surface area contributed by atoms with Crippen LogP contribution in [0.3, 0.4) is 0 Å². The first kappa shape index (κ1) is 17.1. The van der Waals surface area contributed by atoms with Gasteiger partial charge in [-0.3, -0.25) is 9.69 Å². The Balaban J connectivity index is 1.90. The monoisotopic (exact) mass is 333 g/mol. The summed E-state index contributed by atoms with van der Waals surface area (Å²) < 4.78 is 0. The lowest BCUT2D eigenvalue weighted by Gasteiger charge is -2.15. The van der Waals surface area contributed by atoms with E-state index in [2.05, 4.69) is 45.8 Å². The lowest BCUT2D eigenvalue weighted by Crippen LogP contribution is -2.35. The van der Waals surface area contributed by atoms with E-state index in [0.29, 0.717) is 6.54 Å². The molecule has 4 heteroatoms. The molecule has 0 saturated heterocycles. The third-order valence-electron chi connectivity index (χ3n) is 4.46. The van der Waals surface area contributed by atoms with Gasteiger partial charge in [0.15, 0.2) is 0 Å². The van der Waals surface area contributed by atoms with E-state index in [0.717, 1.165) is 40.2 Å². The van der Waals surface area contributed by atoms with Crippen LogP contribution in [0.1, 0.15) is 19.4 Å². The fraction of sp³-hybridized carbons (Fsp3) is 0.238. The molecular weight excluding hydrogens is 310 g/mol. The SMILES string of the molecule is CCN(CC)CC(=O)N/N=C/c1c2ccccc2cc2ccccc12. The Labute approximate surface area is 148 Å². The minimum Gasteiger partial charge on any atom is -0.295 e. The summed E-state index contributed by atoms with van der Waals surface area (Å²) in [7, 11) is 0. The highest BCUT2D eigenvalue weighted by atomic mass is 16.2. The first-order valence-electron chi connectivity index (χ1n) is 8.67. The number of fused-ring (bicyclic) bond motifs is 2. The molecule has 25 heavy (non-hydrogen) atoms. The van der Waals surface area contributed by atoms with Gasteiger partial charge in [-0.25, -0.2) is 5.43 Å². The van der Waals surface area contributed by atoms with Crippen LogP contribution in [0.2, 0.25) is 0 Å². The maximum absolute atomic E-state index is 12.0. The summed E-state index contributed by atoms with van der Waals surface area (Å²) in [5.41, 5.74) is 3.67. The molecular formula is C21H23N3O. The third kappa shape index (κ3) is 3.86. The molecule has 3 aromatic carbocycles. The zero-order valence-corrected chi connectivity index (χ0v) is 14.7. The molecule has 3 rings (SSSR count). The average Bonchev–Trinajstić information content (AvgIpc) is 2.65. The topological polar surface area (TPSA) is 44.7 Å². The van der Waals surface area contributed by atoms with Gasteiger partial charge in [-0.05, 0) is 40.7 Å². The molecule has 0 unspecified atom stereocenters.